The van der Waals surface area contributed by atoms with Gasteiger partial charge in [-0.3, -0.25) is 0 Å². The Morgan fingerprint density at radius 2 is 1.50 bits per heavy atom. The van der Waals surface area contributed by atoms with Crippen LogP contribution in [0.3, 0.4) is 0 Å². The average molecular weight is 473 g/mol. The van der Waals surface area contributed by atoms with Gasteiger partial charge in [-0.15, -0.1) is 0 Å². The van der Waals surface area contributed by atoms with E-state index in [4.69, 9.17) is 14.4 Å². The van der Waals surface area contributed by atoms with E-state index < -0.39 is 0 Å². The summed E-state index contributed by atoms with van der Waals surface area (Å²) in [5, 5.41) is 7.01. The molecule has 36 heavy (non-hydrogen) atoms. The summed E-state index contributed by atoms with van der Waals surface area (Å²) in [5.74, 6) is 1.27. The summed E-state index contributed by atoms with van der Waals surface area (Å²) in [6.45, 7) is 13.3. The monoisotopic (exact) mass is 472 g/mol. The summed E-state index contributed by atoms with van der Waals surface area (Å²) in [4.78, 5) is 9.78. The predicted octanol–water partition coefficient (Wildman–Crippen LogP) is 9.15. The Balaban J connectivity index is 1.74. The van der Waals surface area contributed by atoms with Crippen LogP contribution in [-0.4, -0.2) is 9.97 Å². The van der Waals surface area contributed by atoms with Crippen molar-refractivity contribution in [3.05, 3.63) is 83.7 Å². The molecule has 0 unspecified atom stereocenters. The lowest BCUT2D eigenvalue weighted by molar-refractivity contribution is 0.596. The highest BCUT2D eigenvalue weighted by Crippen LogP contribution is 2.41. The van der Waals surface area contributed by atoms with Crippen molar-refractivity contribution in [1.29, 1.82) is 0 Å². The molecule has 0 bridgehead atoms. The van der Waals surface area contributed by atoms with Gasteiger partial charge in [-0.05, 0) is 70.2 Å². The van der Waals surface area contributed by atoms with Crippen molar-refractivity contribution in [1.82, 2.24) is 9.97 Å². The van der Waals surface area contributed by atoms with Crippen LogP contribution in [0.5, 0.6) is 0 Å². The van der Waals surface area contributed by atoms with Gasteiger partial charge in [0.1, 0.15) is 11.4 Å². The normalized spacial score (nSPS) is 12.5. The Hall–Kier alpha value is -3.72. The van der Waals surface area contributed by atoms with E-state index in [0.29, 0.717) is 17.5 Å². The van der Waals surface area contributed by atoms with Gasteiger partial charge in [-0.1, -0.05) is 83.1 Å². The lowest BCUT2D eigenvalue weighted by Gasteiger charge is -2.23. The third-order valence-corrected chi connectivity index (χ3v) is 7.11. The molecule has 0 atom stereocenters. The van der Waals surface area contributed by atoms with Crippen LogP contribution in [-0.2, 0) is 11.8 Å². The van der Waals surface area contributed by atoms with E-state index in [1.165, 1.54) is 27.3 Å². The summed E-state index contributed by atoms with van der Waals surface area (Å²) < 4.78 is 6.50. The molecule has 0 saturated carbocycles. The zero-order chi connectivity index (χ0) is 25.2. The summed E-state index contributed by atoms with van der Waals surface area (Å²) in [6, 6.07) is 24.1. The van der Waals surface area contributed by atoms with Crippen LogP contribution in [0.2, 0.25) is 0 Å². The maximum absolute atomic E-state index is 6.50. The summed E-state index contributed by atoms with van der Waals surface area (Å²) in [7, 11) is 0. The van der Waals surface area contributed by atoms with Crippen LogP contribution in [0.1, 0.15) is 51.6 Å². The molecule has 6 aromatic rings. The van der Waals surface area contributed by atoms with Gasteiger partial charge < -0.3 is 4.42 Å². The lowest BCUT2D eigenvalue weighted by atomic mass is 9.82. The van der Waals surface area contributed by atoms with Crippen LogP contribution in [0.4, 0.5) is 0 Å². The van der Waals surface area contributed by atoms with Gasteiger partial charge >= 0.3 is 0 Å². The Kier molecular flexibility index (Phi) is 5.15. The number of fused-ring (bicyclic) bond motifs is 6. The summed E-state index contributed by atoms with van der Waals surface area (Å²) in [5.41, 5.74) is 6.26. The number of nitrogens with zero attached hydrogens (tertiary/aromatic N) is 2. The van der Waals surface area contributed by atoms with Gasteiger partial charge in [0.2, 0.25) is 5.71 Å². The molecule has 0 radical (unpaired) electrons. The molecule has 6 rings (SSSR count). The number of rotatable bonds is 3. The quantitative estimate of drug-likeness (QED) is 0.258. The molecule has 0 aliphatic rings. The number of hydrogen-bond acceptors (Lipinski definition) is 3. The minimum atomic E-state index is -0.00406. The smallest absolute Gasteiger partial charge is 0.231 e. The number of aromatic nitrogens is 2. The van der Waals surface area contributed by atoms with Crippen molar-refractivity contribution >= 4 is 43.6 Å². The zero-order valence-corrected chi connectivity index (χ0v) is 21.9. The summed E-state index contributed by atoms with van der Waals surface area (Å²) in [6.07, 6.45) is 1.01. The van der Waals surface area contributed by atoms with E-state index in [2.05, 4.69) is 101 Å². The topological polar surface area (TPSA) is 38.9 Å². The highest BCUT2D eigenvalue weighted by Gasteiger charge is 2.23. The highest BCUT2D eigenvalue weighted by atomic mass is 16.3. The minimum Gasteiger partial charge on any atom is -0.437 e. The van der Waals surface area contributed by atoms with Crippen LogP contribution >= 0.6 is 0 Å². The molecule has 0 aliphatic carbocycles. The second-order valence-electron chi connectivity index (χ2n) is 11.5. The van der Waals surface area contributed by atoms with Gasteiger partial charge in [0.15, 0.2) is 0 Å². The van der Waals surface area contributed by atoms with Crippen molar-refractivity contribution in [2.45, 2.75) is 53.4 Å². The molecule has 0 saturated heterocycles. The SMILES string of the molecule is Cc1nc(-c2cc(C(C)(C)C)c3ccccc3c2)c2c(n1)oc1c3ccccc3c(CC(C)C)cc12. The first-order valence-electron chi connectivity index (χ1n) is 12.9. The third-order valence-electron chi connectivity index (χ3n) is 7.11. The first-order chi connectivity index (χ1) is 17.2. The maximum atomic E-state index is 6.50. The second-order valence-corrected chi connectivity index (χ2v) is 11.5. The largest absolute Gasteiger partial charge is 0.437 e. The Morgan fingerprint density at radius 1 is 0.806 bits per heavy atom. The molecule has 2 heterocycles. The van der Waals surface area contributed by atoms with Crippen molar-refractivity contribution in [3.63, 3.8) is 0 Å². The van der Waals surface area contributed by atoms with Gasteiger partial charge in [-0.2, -0.15) is 4.98 Å². The first-order valence-corrected chi connectivity index (χ1v) is 12.9. The second kappa shape index (κ2) is 8.16. The van der Waals surface area contributed by atoms with E-state index in [1.54, 1.807) is 0 Å². The molecule has 2 aromatic heterocycles. The van der Waals surface area contributed by atoms with Crippen molar-refractivity contribution in [3.8, 4) is 11.3 Å². The van der Waals surface area contributed by atoms with E-state index in [0.717, 1.165) is 39.4 Å². The Bertz CT molecular complexity index is 1780. The number of benzene rings is 4. The fraction of sp³-hybridized carbons (Fsp3) is 0.273. The molecule has 0 N–H and O–H groups in total. The van der Waals surface area contributed by atoms with Crippen molar-refractivity contribution in [2.75, 3.05) is 0 Å². The van der Waals surface area contributed by atoms with Crippen LogP contribution < -0.4 is 0 Å². The molecule has 3 nitrogen and oxygen atoms in total. The summed E-state index contributed by atoms with van der Waals surface area (Å²) >= 11 is 0. The Morgan fingerprint density at radius 3 is 2.22 bits per heavy atom. The van der Waals surface area contributed by atoms with Gasteiger partial charge in [-0.25, -0.2) is 4.98 Å². The fourth-order valence-electron chi connectivity index (χ4n) is 5.56. The average Bonchev–Trinajstić information content (AvgIpc) is 3.20. The molecular weight excluding hydrogens is 440 g/mol. The standard InChI is InChI=1S/C33H32N2O/c1-19(2)15-22-17-27-29-30(23-16-21-11-7-8-13-25(21)28(18-23)33(4,5)6)34-20(3)35-32(29)36-31(27)26-14-10-9-12-24(22)26/h7-14,16-19H,15H2,1-6H3. The van der Waals surface area contributed by atoms with Gasteiger partial charge in [0, 0.05) is 16.3 Å². The van der Waals surface area contributed by atoms with Crippen molar-refractivity contribution in [2.24, 2.45) is 5.92 Å². The predicted molar refractivity (Wildman–Crippen MR) is 152 cm³/mol. The molecular formula is C33H32N2O. The molecule has 0 spiro atoms. The van der Waals surface area contributed by atoms with Gasteiger partial charge in [0.25, 0.3) is 0 Å². The van der Waals surface area contributed by atoms with Crippen LogP contribution in [0.25, 0.3) is 54.9 Å². The molecule has 4 aromatic carbocycles. The van der Waals surface area contributed by atoms with E-state index in [-0.39, 0.29) is 5.41 Å². The Labute approximate surface area is 212 Å². The third kappa shape index (κ3) is 3.65. The van der Waals surface area contributed by atoms with E-state index in [1.807, 2.05) is 6.92 Å². The number of hydrogen-bond donors (Lipinski definition) is 0. The van der Waals surface area contributed by atoms with Crippen LogP contribution in [0, 0.1) is 12.8 Å². The molecule has 0 aliphatic heterocycles. The lowest BCUT2D eigenvalue weighted by Crippen LogP contribution is -2.12. The number of aryl methyl sites for hydroxylation is 1. The zero-order valence-electron chi connectivity index (χ0n) is 21.9. The molecule has 3 heteroatoms. The van der Waals surface area contributed by atoms with Gasteiger partial charge in [0.05, 0.1) is 11.1 Å². The molecule has 180 valence electrons. The molecule has 0 fully saturated rings. The molecule has 0 amide bonds. The first kappa shape index (κ1) is 22.7. The minimum absolute atomic E-state index is 0.00406. The maximum Gasteiger partial charge on any atom is 0.231 e. The van der Waals surface area contributed by atoms with E-state index in [9.17, 15) is 0 Å². The van der Waals surface area contributed by atoms with E-state index >= 15 is 0 Å². The van der Waals surface area contributed by atoms with Crippen molar-refractivity contribution < 1.29 is 4.42 Å². The highest BCUT2D eigenvalue weighted by molar-refractivity contribution is 6.18. The van der Waals surface area contributed by atoms with Crippen LogP contribution in [0.15, 0.2) is 71.1 Å². The fourth-order valence-corrected chi connectivity index (χ4v) is 5.56. The number of furan rings is 1.